The van der Waals surface area contributed by atoms with Crippen LogP contribution in [0, 0.1) is 17.1 Å². The van der Waals surface area contributed by atoms with Crippen LogP contribution in [-0.2, 0) is 11.2 Å². The van der Waals surface area contributed by atoms with Crippen LogP contribution in [0.1, 0.15) is 29.7 Å². The number of halogens is 3. The number of carbonyl (C=O) groups excluding carboxylic acids is 1. The zero-order valence-electron chi connectivity index (χ0n) is 19.7. The average molecular weight is 535 g/mol. The fourth-order valence-electron chi connectivity index (χ4n) is 4.85. The highest BCUT2D eigenvalue weighted by molar-refractivity contribution is 6.35. The lowest BCUT2D eigenvalue weighted by Crippen LogP contribution is -2.42. The fourth-order valence-corrected chi connectivity index (χ4v) is 5.54. The van der Waals surface area contributed by atoms with Crippen molar-refractivity contribution in [3.63, 3.8) is 0 Å². The van der Waals surface area contributed by atoms with Crippen molar-refractivity contribution in [1.82, 2.24) is 9.88 Å². The molecule has 1 aliphatic heterocycles. The van der Waals surface area contributed by atoms with Gasteiger partial charge in [-0.1, -0.05) is 35.3 Å². The van der Waals surface area contributed by atoms with E-state index in [9.17, 15) is 19.2 Å². The van der Waals surface area contributed by atoms with Crippen LogP contribution in [0.2, 0.25) is 10.0 Å². The van der Waals surface area contributed by atoms with E-state index in [0.29, 0.717) is 45.2 Å². The van der Waals surface area contributed by atoms with Crippen molar-refractivity contribution >= 4 is 45.6 Å². The summed E-state index contributed by atoms with van der Waals surface area (Å²) in [4.78, 5) is 30.2. The summed E-state index contributed by atoms with van der Waals surface area (Å²) in [6.07, 6.45) is 0.620. The molecule has 1 aliphatic rings. The van der Waals surface area contributed by atoms with Gasteiger partial charge in [-0.2, -0.15) is 5.26 Å². The lowest BCUT2D eigenvalue weighted by Gasteiger charge is -2.36. The number of nitrogens with one attached hydrogen (secondary N) is 2. The molecule has 186 valence electrons. The Morgan fingerprint density at radius 1 is 1.22 bits per heavy atom. The molecule has 0 aliphatic carbocycles. The van der Waals surface area contributed by atoms with Crippen LogP contribution in [0.4, 0.5) is 10.1 Å². The molecule has 0 fully saturated rings. The zero-order valence-corrected chi connectivity index (χ0v) is 21.3. The van der Waals surface area contributed by atoms with Crippen molar-refractivity contribution in [2.24, 2.45) is 0 Å². The molecule has 2 N–H and O–H groups in total. The Morgan fingerprint density at radius 3 is 2.81 bits per heavy atom. The van der Waals surface area contributed by atoms with E-state index in [2.05, 4.69) is 16.4 Å². The number of aromatic amines is 1. The lowest BCUT2D eigenvalue weighted by atomic mass is 9.93. The first-order valence-electron chi connectivity index (χ1n) is 11.6. The Morgan fingerprint density at radius 2 is 2.03 bits per heavy atom. The highest BCUT2D eigenvalue weighted by atomic mass is 35.5. The van der Waals surface area contributed by atoms with E-state index in [1.54, 1.807) is 41.3 Å². The molecule has 3 aromatic carbocycles. The van der Waals surface area contributed by atoms with Crippen LogP contribution in [0.25, 0.3) is 22.0 Å². The molecule has 5 rings (SSSR count). The van der Waals surface area contributed by atoms with Gasteiger partial charge in [0.2, 0.25) is 5.91 Å². The molecule has 37 heavy (non-hydrogen) atoms. The molecular formula is C28H21Cl2FN4O2. The van der Waals surface area contributed by atoms with Gasteiger partial charge in [-0.05, 0) is 77.9 Å². The minimum absolute atomic E-state index is 0.109. The second-order valence-electron chi connectivity index (χ2n) is 8.95. The average Bonchev–Trinajstić information content (AvgIpc) is 2.87. The van der Waals surface area contributed by atoms with E-state index in [-0.39, 0.29) is 29.6 Å². The van der Waals surface area contributed by atoms with Gasteiger partial charge in [0, 0.05) is 22.3 Å². The van der Waals surface area contributed by atoms with Gasteiger partial charge in [-0.25, -0.2) is 4.39 Å². The molecule has 1 aromatic heterocycles. The molecule has 0 bridgehead atoms. The molecule has 1 atom stereocenters. The Bertz CT molecular complexity index is 1660. The normalized spacial score (nSPS) is 14.8. The van der Waals surface area contributed by atoms with Crippen LogP contribution in [0.3, 0.4) is 0 Å². The van der Waals surface area contributed by atoms with Gasteiger partial charge < -0.3 is 15.2 Å². The first-order chi connectivity index (χ1) is 17.7. The summed E-state index contributed by atoms with van der Waals surface area (Å²) < 4.78 is 14.9. The quantitative estimate of drug-likeness (QED) is 0.332. The first kappa shape index (κ1) is 24.8. The Labute approximate surface area is 222 Å². The number of fused-ring (bicyclic) bond motifs is 2. The molecule has 9 heteroatoms. The van der Waals surface area contributed by atoms with Crippen LogP contribution >= 0.6 is 23.2 Å². The first-order valence-corrected chi connectivity index (χ1v) is 12.4. The number of H-pyrrole nitrogens is 1. The summed E-state index contributed by atoms with van der Waals surface area (Å²) in [5.74, 6) is -0.844. The monoisotopic (exact) mass is 534 g/mol. The topological polar surface area (TPSA) is 89.0 Å². The molecule has 0 saturated carbocycles. The summed E-state index contributed by atoms with van der Waals surface area (Å²) >= 11 is 12.5. The van der Waals surface area contributed by atoms with Gasteiger partial charge in [0.25, 0.3) is 5.56 Å². The molecule has 0 spiro atoms. The molecule has 6 nitrogen and oxygen atoms in total. The molecular weight excluding hydrogens is 514 g/mol. The summed E-state index contributed by atoms with van der Waals surface area (Å²) in [6, 6.07) is 16.6. The third-order valence-corrected chi connectivity index (χ3v) is 7.20. The Hall–Kier alpha value is -3.86. The number of nitriles is 1. The zero-order chi connectivity index (χ0) is 26.3. The van der Waals surface area contributed by atoms with E-state index in [1.807, 2.05) is 13.0 Å². The highest BCUT2D eigenvalue weighted by Crippen LogP contribution is 2.37. The number of rotatable bonds is 4. The van der Waals surface area contributed by atoms with E-state index >= 15 is 0 Å². The maximum Gasteiger partial charge on any atom is 0.256 e. The van der Waals surface area contributed by atoms with Crippen molar-refractivity contribution in [2.45, 2.75) is 19.4 Å². The predicted molar refractivity (Wildman–Crippen MR) is 143 cm³/mol. The minimum Gasteiger partial charge on any atom is -0.374 e. The van der Waals surface area contributed by atoms with Crippen molar-refractivity contribution < 1.29 is 9.18 Å². The third kappa shape index (κ3) is 4.78. The largest absolute Gasteiger partial charge is 0.374 e. The summed E-state index contributed by atoms with van der Waals surface area (Å²) in [7, 11) is 0. The molecule has 2 heterocycles. The van der Waals surface area contributed by atoms with E-state index in [1.165, 1.54) is 6.07 Å². The van der Waals surface area contributed by atoms with Crippen molar-refractivity contribution in [2.75, 3.05) is 18.4 Å². The van der Waals surface area contributed by atoms with Crippen LogP contribution in [0.15, 0.2) is 59.4 Å². The van der Waals surface area contributed by atoms with Gasteiger partial charge >= 0.3 is 0 Å². The number of hydrogen-bond donors (Lipinski definition) is 2. The Balaban J connectivity index is 1.39. The van der Waals surface area contributed by atoms with Crippen LogP contribution in [0.5, 0.6) is 0 Å². The smallest absolute Gasteiger partial charge is 0.256 e. The molecule has 1 unspecified atom stereocenters. The van der Waals surface area contributed by atoms with E-state index < -0.39 is 11.4 Å². The predicted octanol–water partition coefficient (Wildman–Crippen LogP) is 6.07. The number of nitrogens with zero attached hydrogens (tertiary/aromatic N) is 2. The summed E-state index contributed by atoms with van der Waals surface area (Å²) in [6.45, 7) is 2.26. The molecule has 0 radical (unpaired) electrons. The van der Waals surface area contributed by atoms with Gasteiger partial charge in [0.05, 0.1) is 35.3 Å². The number of benzene rings is 3. The molecule has 1 amide bonds. The summed E-state index contributed by atoms with van der Waals surface area (Å²) in [5, 5.41) is 13.8. The van der Waals surface area contributed by atoms with Crippen molar-refractivity contribution in [3.05, 3.63) is 97.5 Å². The second-order valence-corrected chi connectivity index (χ2v) is 9.79. The number of anilines is 1. The van der Waals surface area contributed by atoms with Crippen molar-refractivity contribution in [3.8, 4) is 17.3 Å². The van der Waals surface area contributed by atoms with Crippen LogP contribution in [-0.4, -0.2) is 28.9 Å². The lowest BCUT2D eigenvalue weighted by molar-refractivity contribution is -0.131. The highest BCUT2D eigenvalue weighted by Gasteiger charge is 2.29. The number of carbonyl (C=O) groups is 1. The third-order valence-electron chi connectivity index (χ3n) is 6.67. The van der Waals surface area contributed by atoms with Gasteiger partial charge in [0.1, 0.15) is 5.82 Å². The van der Waals surface area contributed by atoms with Gasteiger partial charge in [-0.3, -0.25) is 9.59 Å². The van der Waals surface area contributed by atoms with E-state index in [0.717, 1.165) is 17.2 Å². The standard InChI is InChI=1S/C28H21Cl2FN4O2/c1-15-27-18(8-20(29)11-22(27)30)5-6-35(15)26(36)14-33-25-10-19-9-24(17-4-2-3-16(7-17)13-32)34-28(37)21(19)12-23(25)31/h2-4,7-12,15,33H,5-6,14H2,1H3,(H,34,37). The van der Waals surface area contributed by atoms with Gasteiger partial charge in [0.15, 0.2) is 0 Å². The maximum atomic E-state index is 14.9. The number of amides is 1. The summed E-state index contributed by atoms with van der Waals surface area (Å²) in [5.41, 5.74) is 3.16. The minimum atomic E-state index is -0.639. The number of hydrogen-bond acceptors (Lipinski definition) is 4. The number of aromatic nitrogens is 1. The van der Waals surface area contributed by atoms with Gasteiger partial charge in [-0.15, -0.1) is 0 Å². The van der Waals surface area contributed by atoms with Crippen molar-refractivity contribution in [1.29, 1.82) is 5.26 Å². The Kier molecular flexibility index (Phi) is 6.63. The molecule has 0 saturated heterocycles. The molecule has 4 aromatic rings. The van der Waals surface area contributed by atoms with E-state index in [4.69, 9.17) is 23.2 Å². The number of pyridine rings is 1. The SMILES string of the molecule is CC1c2c(Cl)cc(Cl)cc2CCN1C(=O)CNc1cc2cc(-c3cccc(C#N)c3)[nH]c(=O)c2cc1F. The van der Waals surface area contributed by atoms with Crippen LogP contribution < -0.4 is 10.9 Å². The second kappa shape index (κ2) is 9.89. The maximum absolute atomic E-state index is 14.9. The fraction of sp³-hybridized carbons (Fsp3) is 0.179.